The van der Waals surface area contributed by atoms with Crippen molar-refractivity contribution in [2.24, 2.45) is 0 Å². The Bertz CT molecular complexity index is 1270. The number of H-pyrrole nitrogens is 1. The molecule has 170 valence electrons. The summed E-state index contributed by atoms with van der Waals surface area (Å²) >= 11 is 0. The first-order valence-corrected chi connectivity index (χ1v) is 11.2. The van der Waals surface area contributed by atoms with Crippen molar-refractivity contribution in [1.29, 1.82) is 0 Å². The average molecular weight is 445 g/mol. The molecule has 2 atom stereocenters. The van der Waals surface area contributed by atoms with Crippen LogP contribution in [0.4, 0.5) is 5.95 Å². The number of nitrogens with zero attached hydrogens (tertiary/aromatic N) is 3. The van der Waals surface area contributed by atoms with Gasteiger partial charge in [0.1, 0.15) is 11.6 Å². The van der Waals surface area contributed by atoms with Gasteiger partial charge in [0.25, 0.3) is 0 Å². The summed E-state index contributed by atoms with van der Waals surface area (Å²) in [5.74, 6) is 2.32. The molecule has 8 heteroatoms. The lowest BCUT2D eigenvalue weighted by Gasteiger charge is -2.25. The SMILES string of the molecule is COCCNC(C)c1ccc2c(c1)CC(c1nc3cc(-c4ccnc(N)n4)ccc3[nH]1)CO2. The first-order valence-electron chi connectivity index (χ1n) is 11.2. The molecule has 0 amide bonds. The van der Waals surface area contributed by atoms with E-state index in [2.05, 4.69) is 45.4 Å². The fourth-order valence-electron chi connectivity index (χ4n) is 4.27. The van der Waals surface area contributed by atoms with E-state index in [0.29, 0.717) is 13.2 Å². The normalized spacial score (nSPS) is 16.4. The topological polar surface area (TPSA) is 111 Å². The van der Waals surface area contributed by atoms with E-state index >= 15 is 0 Å². The van der Waals surface area contributed by atoms with Crippen LogP contribution in [-0.2, 0) is 11.2 Å². The van der Waals surface area contributed by atoms with Gasteiger partial charge in [-0.05, 0) is 48.7 Å². The maximum atomic E-state index is 6.09. The Labute approximate surface area is 192 Å². The third-order valence-corrected chi connectivity index (χ3v) is 6.11. The molecule has 1 aliphatic heterocycles. The number of nitrogens with two attached hydrogens (primary N) is 1. The molecule has 2 unspecified atom stereocenters. The monoisotopic (exact) mass is 444 g/mol. The summed E-state index contributed by atoms with van der Waals surface area (Å²) in [6, 6.07) is 14.6. The molecular formula is C25H28N6O2. The Hall–Kier alpha value is -3.49. The number of imidazole rings is 1. The lowest BCUT2D eigenvalue weighted by molar-refractivity contribution is 0.196. The van der Waals surface area contributed by atoms with Crippen molar-refractivity contribution >= 4 is 17.0 Å². The number of fused-ring (bicyclic) bond motifs is 2. The number of nitrogen functional groups attached to an aromatic ring is 1. The van der Waals surface area contributed by atoms with Gasteiger partial charge in [-0.1, -0.05) is 18.2 Å². The molecule has 1 aliphatic rings. The van der Waals surface area contributed by atoms with E-state index in [0.717, 1.165) is 46.8 Å². The first-order chi connectivity index (χ1) is 16.1. The van der Waals surface area contributed by atoms with Crippen molar-refractivity contribution < 1.29 is 9.47 Å². The molecule has 2 aromatic heterocycles. The van der Waals surface area contributed by atoms with E-state index in [-0.39, 0.29) is 17.9 Å². The quantitative estimate of drug-likeness (QED) is 0.373. The predicted molar refractivity (Wildman–Crippen MR) is 128 cm³/mol. The third kappa shape index (κ3) is 4.53. The van der Waals surface area contributed by atoms with Gasteiger partial charge in [-0.25, -0.2) is 15.0 Å². The van der Waals surface area contributed by atoms with Crippen LogP contribution >= 0.6 is 0 Å². The van der Waals surface area contributed by atoms with Crippen molar-refractivity contribution in [2.75, 3.05) is 32.6 Å². The van der Waals surface area contributed by atoms with Gasteiger partial charge < -0.3 is 25.5 Å². The van der Waals surface area contributed by atoms with E-state index in [1.165, 1.54) is 11.1 Å². The number of aromatic nitrogens is 4. The molecule has 3 heterocycles. The van der Waals surface area contributed by atoms with Gasteiger partial charge in [-0.2, -0.15) is 0 Å². The standard InChI is InChI=1S/C25H28N6O2/c1-15(27-9-10-32-2)16-4-6-23-18(11-16)12-19(14-33-23)24-29-21-5-3-17(13-22(21)30-24)20-7-8-28-25(26)31-20/h3-8,11,13,15,19,27H,9-10,12,14H2,1-2H3,(H,29,30)(H2,26,28,31). The summed E-state index contributed by atoms with van der Waals surface area (Å²) in [6.45, 7) is 4.28. The van der Waals surface area contributed by atoms with Crippen molar-refractivity contribution in [2.45, 2.75) is 25.3 Å². The number of hydrogen-bond acceptors (Lipinski definition) is 7. The molecule has 0 fully saturated rings. The van der Waals surface area contributed by atoms with Gasteiger partial charge in [0.15, 0.2) is 0 Å². The highest BCUT2D eigenvalue weighted by Crippen LogP contribution is 2.34. The minimum atomic E-state index is 0.162. The molecule has 4 aromatic rings. The Morgan fingerprint density at radius 3 is 2.97 bits per heavy atom. The second-order valence-corrected chi connectivity index (χ2v) is 8.40. The van der Waals surface area contributed by atoms with Crippen LogP contribution in [0.1, 0.15) is 35.8 Å². The summed E-state index contributed by atoms with van der Waals surface area (Å²) in [5, 5.41) is 3.49. The first kappa shape index (κ1) is 21.4. The molecule has 4 N–H and O–H groups in total. The lowest BCUT2D eigenvalue weighted by atomic mass is 9.93. The van der Waals surface area contributed by atoms with E-state index in [9.17, 15) is 0 Å². The maximum absolute atomic E-state index is 6.09. The number of ether oxygens (including phenoxy) is 2. The van der Waals surface area contributed by atoms with Crippen LogP contribution in [0.15, 0.2) is 48.7 Å². The zero-order valence-electron chi connectivity index (χ0n) is 18.8. The Morgan fingerprint density at radius 2 is 2.12 bits per heavy atom. The number of anilines is 1. The fourth-order valence-corrected chi connectivity index (χ4v) is 4.27. The Morgan fingerprint density at radius 1 is 1.21 bits per heavy atom. The molecule has 0 aliphatic carbocycles. The van der Waals surface area contributed by atoms with Gasteiger partial charge >= 0.3 is 0 Å². The van der Waals surface area contributed by atoms with Crippen molar-refractivity contribution in [1.82, 2.24) is 25.3 Å². The van der Waals surface area contributed by atoms with Gasteiger partial charge in [-0.15, -0.1) is 0 Å². The van der Waals surface area contributed by atoms with Gasteiger partial charge in [0.2, 0.25) is 5.95 Å². The zero-order chi connectivity index (χ0) is 22.8. The maximum Gasteiger partial charge on any atom is 0.220 e. The number of rotatable bonds is 7. The number of aromatic amines is 1. The van der Waals surface area contributed by atoms with E-state index < -0.39 is 0 Å². The second-order valence-electron chi connectivity index (χ2n) is 8.40. The highest BCUT2D eigenvalue weighted by Gasteiger charge is 2.25. The molecule has 33 heavy (non-hydrogen) atoms. The van der Waals surface area contributed by atoms with Gasteiger partial charge in [0.05, 0.1) is 35.9 Å². The predicted octanol–water partition coefficient (Wildman–Crippen LogP) is 3.62. The van der Waals surface area contributed by atoms with E-state index in [1.54, 1.807) is 13.3 Å². The van der Waals surface area contributed by atoms with Gasteiger partial charge in [-0.3, -0.25) is 0 Å². The minimum Gasteiger partial charge on any atom is -0.493 e. The highest BCUT2D eigenvalue weighted by atomic mass is 16.5. The van der Waals surface area contributed by atoms with Crippen LogP contribution in [0.25, 0.3) is 22.3 Å². The number of benzene rings is 2. The average Bonchev–Trinajstić information content (AvgIpc) is 3.27. The molecule has 0 saturated heterocycles. The molecule has 5 rings (SSSR count). The van der Waals surface area contributed by atoms with Crippen molar-refractivity contribution in [3.63, 3.8) is 0 Å². The fraction of sp³-hybridized carbons (Fsp3) is 0.320. The van der Waals surface area contributed by atoms with Crippen LogP contribution in [0, 0.1) is 0 Å². The van der Waals surface area contributed by atoms with Crippen LogP contribution in [0.5, 0.6) is 5.75 Å². The van der Waals surface area contributed by atoms with Crippen LogP contribution in [-0.4, -0.2) is 46.8 Å². The van der Waals surface area contributed by atoms with E-state index in [4.69, 9.17) is 20.2 Å². The molecular weight excluding hydrogens is 416 g/mol. The highest BCUT2D eigenvalue weighted by molar-refractivity contribution is 5.81. The van der Waals surface area contributed by atoms with Crippen LogP contribution in [0.2, 0.25) is 0 Å². The molecule has 8 nitrogen and oxygen atoms in total. The minimum absolute atomic E-state index is 0.162. The van der Waals surface area contributed by atoms with Crippen LogP contribution in [0.3, 0.4) is 0 Å². The third-order valence-electron chi connectivity index (χ3n) is 6.11. The molecule has 0 spiro atoms. The summed E-state index contributed by atoms with van der Waals surface area (Å²) in [6.07, 6.45) is 2.54. The Kier molecular flexibility index (Phi) is 5.93. The lowest BCUT2D eigenvalue weighted by Crippen LogP contribution is -2.24. The second kappa shape index (κ2) is 9.17. The summed E-state index contributed by atoms with van der Waals surface area (Å²) in [5.41, 5.74) is 11.8. The smallest absolute Gasteiger partial charge is 0.220 e. The molecule has 2 aromatic carbocycles. The molecule has 0 radical (unpaired) electrons. The van der Waals surface area contributed by atoms with Crippen molar-refractivity contribution in [3.8, 4) is 17.0 Å². The zero-order valence-corrected chi connectivity index (χ0v) is 18.8. The van der Waals surface area contributed by atoms with Crippen molar-refractivity contribution in [3.05, 3.63) is 65.6 Å². The number of hydrogen-bond donors (Lipinski definition) is 3. The summed E-state index contributed by atoms with van der Waals surface area (Å²) in [7, 11) is 1.72. The van der Waals surface area contributed by atoms with E-state index in [1.807, 2.05) is 24.3 Å². The Balaban J connectivity index is 1.36. The van der Waals surface area contributed by atoms with Gasteiger partial charge in [0, 0.05) is 31.5 Å². The number of nitrogens with one attached hydrogen (secondary N) is 2. The molecule has 0 saturated carbocycles. The largest absolute Gasteiger partial charge is 0.493 e. The summed E-state index contributed by atoms with van der Waals surface area (Å²) < 4.78 is 11.2. The van der Waals surface area contributed by atoms with Crippen LogP contribution < -0.4 is 15.8 Å². The number of methoxy groups -OCH3 is 1. The summed E-state index contributed by atoms with van der Waals surface area (Å²) in [4.78, 5) is 16.7. The molecule has 0 bridgehead atoms.